The van der Waals surface area contributed by atoms with E-state index in [0.29, 0.717) is 6.42 Å². The van der Waals surface area contributed by atoms with Crippen LogP contribution in [0.1, 0.15) is 48.9 Å². The largest absolute Gasteiger partial charge is 0.342 e. The van der Waals surface area contributed by atoms with Gasteiger partial charge in [-0.05, 0) is 62.4 Å². The van der Waals surface area contributed by atoms with E-state index in [0.717, 1.165) is 31.5 Å². The summed E-state index contributed by atoms with van der Waals surface area (Å²) >= 11 is 1.85. The normalized spacial score (nSPS) is 10.3. The SMILES string of the molecule is CCCN(CCC)C(=O)Cc1ccccc1.Cc1ccc(Sc2ccccc2C)c(C)c1. The van der Waals surface area contributed by atoms with Crippen molar-refractivity contribution in [3.05, 3.63) is 95.1 Å². The number of aryl methyl sites for hydroxylation is 3. The van der Waals surface area contributed by atoms with E-state index in [1.165, 1.54) is 26.5 Å². The van der Waals surface area contributed by atoms with E-state index in [9.17, 15) is 4.79 Å². The van der Waals surface area contributed by atoms with E-state index in [-0.39, 0.29) is 5.91 Å². The molecule has 0 saturated heterocycles. The van der Waals surface area contributed by atoms with E-state index < -0.39 is 0 Å². The van der Waals surface area contributed by atoms with Gasteiger partial charge in [-0.3, -0.25) is 4.79 Å². The average molecular weight is 448 g/mol. The Morgan fingerprint density at radius 3 is 1.94 bits per heavy atom. The molecule has 0 spiro atoms. The molecular formula is C29H37NOS. The summed E-state index contributed by atoms with van der Waals surface area (Å²) in [6.07, 6.45) is 2.59. The summed E-state index contributed by atoms with van der Waals surface area (Å²) in [5, 5.41) is 0. The Morgan fingerprint density at radius 2 is 1.34 bits per heavy atom. The molecule has 0 aliphatic carbocycles. The summed E-state index contributed by atoms with van der Waals surface area (Å²) in [5.74, 6) is 0.245. The molecule has 0 fully saturated rings. The first kappa shape index (κ1) is 25.7. The van der Waals surface area contributed by atoms with Crippen LogP contribution in [0.5, 0.6) is 0 Å². The molecule has 0 saturated carbocycles. The van der Waals surface area contributed by atoms with Gasteiger partial charge in [0, 0.05) is 22.9 Å². The van der Waals surface area contributed by atoms with Crippen LogP contribution in [0.25, 0.3) is 0 Å². The minimum Gasteiger partial charge on any atom is -0.342 e. The lowest BCUT2D eigenvalue weighted by molar-refractivity contribution is -0.130. The first-order valence-corrected chi connectivity index (χ1v) is 12.4. The van der Waals surface area contributed by atoms with Gasteiger partial charge in [-0.2, -0.15) is 0 Å². The Hall–Kier alpha value is -2.52. The zero-order chi connectivity index (χ0) is 23.3. The van der Waals surface area contributed by atoms with E-state index in [4.69, 9.17) is 0 Å². The molecule has 0 atom stereocenters. The zero-order valence-corrected chi connectivity index (χ0v) is 21.0. The number of nitrogens with zero attached hydrogens (tertiary/aromatic N) is 1. The molecule has 3 heteroatoms. The first-order valence-electron chi connectivity index (χ1n) is 11.6. The van der Waals surface area contributed by atoms with Crippen LogP contribution >= 0.6 is 11.8 Å². The van der Waals surface area contributed by atoms with Crippen LogP contribution in [0.2, 0.25) is 0 Å². The highest BCUT2D eigenvalue weighted by Crippen LogP contribution is 2.32. The lowest BCUT2D eigenvalue weighted by Crippen LogP contribution is -2.33. The van der Waals surface area contributed by atoms with Gasteiger partial charge < -0.3 is 4.90 Å². The fourth-order valence-corrected chi connectivity index (χ4v) is 4.46. The van der Waals surface area contributed by atoms with Crippen molar-refractivity contribution in [2.75, 3.05) is 13.1 Å². The molecule has 0 bridgehead atoms. The molecule has 170 valence electrons. The average Bonchev–Trinajstić information content (AvgIpc) is 2.78. The molecule has 3 aromatic carbocycles. The fourth-order valence-electron chi connectivity index (χ4n) is 3.49. The third kappa shape index (κ3) is 8.55. The van der Waals surface area contributed by atoms with Crippen molar-refractivity contribution in [3.8, 4) is 0 Å². The lowest BCUT2D eigenvalue weighted by atomic mass is 10.1. The van der Waals surface area contributed by atoms with Crippen molar-refractivity contribution in [1.29, 1.82) is 0 Å². The Balaban J connectivity index is 0.000000227. The molecule has 0 heterocycles. The van der Waals surface area contributed by atoms with Crippen molar-refractivity contribution in [2.24, 2.45) is 0 Å². The standard InChI is InChI=1S/C15H16S.C14H21NO/c1-11-8-9-15(13(3)10-11)16-14-7-5-4-6-12(14)2;1-3-10-15(11-4-2)14(16)12-13-8-6-5-7-9-13/h4-10H,1-3H3;5-9H,3-4,10-12H2,1-2H3. The number of benzene rings is 3. The summed E-state index contributed by atoms with van der Waals surface area (Å²) in [6, 6.07) is 25.1. The summed E-state index contributed by atoms with van der Waals surface area (Å²) in [7, 11) is 0. The molecule has 3 aromatic rings. The Kier molecular flexibility index (Phi) is 11.1. The molecular weight excluding hydrogens is 410 g/mol. The Morgan fingerprint density at radius 1 is 0.750 bits per heavy atom. The van der Waals surface area contributed by atoms with E-state index in [1.807, 2.05) is 47.0 Å². The van der Waals surface area contributed by atoms with Crippen LogP contribution < -0.4 is 0 Å². The zero-order valence-electron chi connectivity index (χ0n) is 20.2. The molecule has 0 unspecified atom stereocenters. The Bertz CT molecular complexity index is 962. The van der Waals surface area contributed by atoms with Crippen LogP contribution in [0, 0.1) is 20.8 Å². The molecule has 2 nitrogen and oxygen atoms in total. The van der Waals surface area contributed by atoms with Gasteiger partial charge >= 0.3 is 0 Å². The van der Waals surface area contributed by atoms with Crippen molar-refractivity contribution in [1.82, 2.24) is 4.90 Å². The number of rotatable bonds is 8. The molecule has 1 amide bonds. The predicted octanol–water partition coefficient (Wildman–Crippen LogP) is 7.64. The summed E-state index contributed by atoms with van der Waals surface area (Å²) < 4.78 is 0. The van der Waals surface area contributed by atoms with Gasteiger partial charge in [-0.1, -0.05) is 91.8 Å². The summed E-state index contributed by atoms with van der Waals surface area (Å²) in [6.45, 7) is 12.4. The van der Waals surface area contributed by atoms with Crippen molar-refractivity contribution in [2.45, 2.75) is 63.7 Å². The Labute approximate surface area is 199 Å². The van der Waals surface area contributed by atoms with Gasteiger partial charge in [0.05, 0.1) is 6.42 Å². The number of amides is 1. The smallest absolute Gasteiger partial charge is 0.226 e. The second kappa shape index (κ2) is 13.8. The van der Waals surface area contributed by atoms with Gasteiger partial charge in [-0.15, -0.1) is 0 Å². The molecule has 0 aliphatic heterocycles. The molecule has 0 radical (unpaired) electrons. The van der Waals surface area contributed by atoms with Gasteiger partial charge in [-0.25, -0.2) is 0 Å². The maximum Gasteiger partial charge on any atom is 0.226 e. The lowest BCUT2D eigenvalue weighted by Gasteiger charge is -2.21. The van der Waals surface area contributed by atoms with Crippen LogP contribution in [-0.4, -0.2) is 23.9 Å². The second-order valence-corrected chi connectivity index (χ2v) is 9.26. The van der Waals surface area contributed by atoms with E-state index in [2.05, 4.69) is 77.1 Å². The highest BCUT2D eigenvalue weighted by Gasteiger charge is 2.11. The molecule has 0 aliphatic rings. The predicted molar refractivity (Wildman–Crippen MR) is 139 cm³/mol. The first-order chi connectivity index (χ1) is 15.4. The van der Waals surface area contributed by atoms with Crippen LogP contribution in [0.15, 0.2) is 82.6 Å². The number of hydrogen-bond acceptors (Lipinski definition) is 2. The highest BCUT2D eigenvalue weighted by molar-refractivity contribution is 7.99. The number of carbonyl (C=O) groups is 1. The van der Waals surface area contributed by atoms with Crippen molar-refractivity contribution < 1.29 is 4.79 Å². The summed E-state index contributed by atoms with van der Waals surface area (Å²) in [4.78, 5) is 16.7. The van der Waals surface area contributed by atoms with Gasteiger partial charge in [0.15, 0.2) is 0 Å². The quantitative estimate of drug-likeness (QED) is 0.353. The molecule has 0 aromatic heterocycles. The molecule has 0 N–H and O–H groups in total. The molecule has 3 rings (SSSR count). The minimum atomic E-state index is 0.245. The van der Waals surface area contributed by atoms with Crippen LogP contribution in [0.4, 0.5) is 0 Å². The minimum absolute atomic E-state index is 0.245. The van der Waals surface area contributed by atoms with Crippen molar-refractivity contribution in [3.63, 3.8) is 0 Å². The highest BCUT2D eigenvalue weighted by atomic mass is 32.2. The van der Waals surface area contributed by atoms with Crippen LogP contribution in [0.3, 0.4) is 0 Å². The number of carbonyl (C=O) groups excluding carboxylic acids is 1. The van der Waals surface area contributed by atoms with Gasteiger partial charge in [0.25, 0.3) is 0 Å². The molecule has 32 heavy (non-hydrogen) atoms. The number of hydrogen-bond donors (Lipinski definition) is 0. The maximum absolute atomic E-state index is 12.0. The van der Waals surface area contributed by atoms with E-state index >= 15 is 0 Å². The van der Waals surface area contributed by atoms with E-state index in [1.54, 1.807) is 0 Å². The second-order valence-electron chi connectivity index (χ2n) is 8.18. The topological polar surface area (TPSA) is 20.3 Å². The van der Waals surface area contributed by atoms with Gasteiger partial charge in [0.2, 0.25) is 5.91 Å². The fraction of sp³-hybridized carbons (Fsp3) is 0.345. The monoisotopic (exact) mass is 447 g/mol. The van der Waals surface area contributed by atoms with Gasteiger partial charge in [0.1, 0.15) is 0 Å². The maximum atomic E-state index is 12.0. The third-order valence-corrected chi connectivity index (χ3v) is 6.54. The summed E-state index contributed by atoms with van der Waals surface area (Å²) in [5.41, 5.74) is 5.12. The van der Waals surface area contributed by atoms with Crippen molar-refractivity contribution >= 4 is 17.7 Å². The third-order valence-electron chi connectivity index (χ3n) is 5.18. The van der Waals surface area contributed by atoms with Crippen LogP contribution in [-0.2, 0) is 11.2 Å².